The van der Waals surface area contributed by atoms with E-state index in [0.29, 0.717) is 0 Å². The minimum atomic E-state index is -1.07. The van der Waals surface area contributed by atoms with Crippen LogP contribution < -0.4 is 4.90 Å². The average molecular weight is 355 g/mol. The zero-order valence-corrected chi connectivity index (χ0v) is 13.0. The van der Waals surface area contributed by atoms with Crippen molar-refractivity contribution in [2.45, 2.75) is 6.42 Å². The first-order valence-electron chi connectivity index (χ1n) is 6.42. The SMILES string of the molecule is CN(CC(=O)O)C(=O)C1CC(=O)N(c2ccccc2Br)C1. The van der Waals surface area contributed by atoms with Crippen molar-refractivity contribution in [2.75, 3.05) is 25.0 Å². The van der Waals surface area contributed by atoms with Gasteiger partial charge in [-0.3, -0.25) is 14.4 Å². The second kappa shape index (κ2) is 6.26. The van der Waals surface area contributed by atoms with E-state index in [4.69, 9.17) is 5.11 Å². The number of nitrogens with zero attached hydrogens (tertiary/aromatic N) is 2. The van der Waals surface area contributed by atoms with Crippen LogP contribution in [0.25, 0.3) is 0 Å². The summed E-state index contributed by atoms with van der Waals surface area (Å²) < 4.78 is 0.783. The highest BCUT2D eigenvalue weighted by atomic mass is 79.9. The molecule has 0 saturated carbocycles. The number of rotatable bonds is 4. The fourth-order valence-electron chi connectivity index (χ4n) is 2.37. The number of carbonyl (C=O) groups is 3. The third-order valence-electron chi connectivity index (χ3n) is 3.37. The molecule has 1 aliphatic heterocycles. The lowest BCUT2D eigenvalue weighted by Gasteiger charge is -2.20. The van der Waals surface area contributed by atoms with E-state index in [-0.39, 0.29) is 31.3 Å². The second-order valence-electron chi connectivity index (χ2n) is 4.94. The maximum atomic E-state index is 12.2. The van der Waals surface area contributed by atoms with Gasteiger partial charge >= 0.3 is 5.97 Å². The topological polar surface area (TPSA) is 77.9 Å². The average Bonchev–Trinajstić information content (AvgIpc) is 2.79. The number of anilines is 1. The molecule has 7 heteroatoms. The summed E-state index contributed by atoms with van der Waals surface area (Å²) in [7, 11) is 1.43. The Morgan fingerprint density at radius 2 is 2.10 bits per heavy atom. The highest BCUT2D eigenvalue weighted by molar-refractivity contribution is 9.10. The molecule has 6 nitrogen and oxygen atoms in total. The molecule has 0 aromatic heterocycles. The number of halogens is 1. The van der Waals surface area contributed by atoms with E-state index in [2.05, 4.69) is 15.9 Å². The van der Waals surface area contributed by atoms with E-state index < -0.39 is 11.9 Å². The Hall–Kier alpha value is -1.89. The molecular formula is C14H15BrN2O4. The van der Waals surface area contributed by atoms with Gasteiger partial charge < -0.3 is 14.9 Å². The van der Waals surface area contributed by atoms with Crippen molar-refractivity contribution < 1.29 is 19.5 Å². The summed E-state index contributed by atoms with van der Waals surface area (Å²) in [5.74, 6) is -2.03. The molecule has 1 aromatic rings. The lowest BCUT2D eigenvalue weighted by atomic mass is 10.1. The molecule has 1 aliphatic rings. The molecule has 1 N–H and O–H groups in total. The lowest BCUT2D eigenvalue weighted by Crippen LogP contribution is -2.37. The molecule has 1 aromatic carbocycles. The lowest BCUT2D eigenvalue weighted by molar-refractivity contribution is -0.145. The number of carbonyl (C=O) groups excluding carboxylic acids is 2. The molecule has 1 heterocycles. The third kappa shape index (κ3) is 3.41. The van der Waals surface area contributed by atoms with Gasteiger partial charge in [-0.05, 0) is 28.1 Å². The molecule has 1 saturated heterocycles. The van der Waals surface area contributed by atoms with Gasteiger partial charge in [0.1, 0.15) is 6.54 Å². The van der Waals surface area contributed by atoms with E-state index in [0.717, 1.165) is 15.1 Å². The number of hydrogen-bond acceptors (Lipinski definition) is 3. The predicted molar refractivity (Wildman–Crippen MR) is 79.9 cm³/mol. The van der Waals surface area contributed by atoms with Crippen LogP contribution in [0.5, 0.6) is 0 Å². The molecular weight excluding hydrogens is 340 g/mol. The van der Waals surface area contributed by atoms with Crippen LogP contribution in [0.3, 0.4) is 0 Å². The Kier molecular flexibility index (Phi) is 4.62. The summed E-state index contributed by atoms with van der Waals surface area (Å²) >= 11 is 3.39. The number of aliphatic carboxylic acids is 1. The van der Waals surface area contributed by atoms with Gasteiger partial charge in [-0.25, -0.2) is 0 Å². The Labute approximate surface area is 130 Å². The second-order valence-corrected chi connectivity index (χ2v) is 5.80. The third-order valence-corrected chi connectivity index (χ3v) is 4.04. The van der Waals surface area contributed by atoms with Gasteiger partial charge in [0.15, 0.2) is 0 Å². The van der Waals surface area contributed by atoms with Gasteiger partial charge in [0.2, 0.25) is 11.8 Å². The van der Waals surface area contributed by atoms with Crippen molar-refractivity contribution in [1.82, 2.24) is 4.90 Å². The van der Waals surface area contributed by atoms with Gasteiger partial charge in [0.25, 0.3) is 0 Å². The van der Waals surface area contributed by atoms with Gasteiger partial charge in [-0.15, -0.1) is 0 Å². The smallest absolute Gasteiger partial charge is 0.323 e. The summed E-state index contributed by atoms with van der Waals surface area (Å²) in [5, 5.41) is 8.72. The van der Waals surface area contributed by atoms with Crippen LogP contribution >= 0.6 is 15.9 Å². The summed E-state index contributed by atoms with van der Waals surface area (Å²) in [5.41, 5.74) is 0.721. The molecule has 0 bridgehead atoms. The first-order chi connectivity index (χ1) is 9.90. The molecule has 21 heavy (non-hydrogen) atoms. The van der Waals surface area contributed by atoms with E-state index in [1.54, 1.807) is 11.0 Å². The Morgan fingerprint density at radius 3 is 2.71 bits per heavy atom. The van der Waals surface area contributed by atoms with E-state index in [9.17, 15) is 14.4 Å². The molecule has 1 unspecified atom stereocenters. The molecule has 1 fully saturated rings. The van der Waals surface area contributed by atoms with Crippen LogP contribution in [0.2, 0.25) is 0 Å². The normalized spacial score (nSPS) is 17.9. The van der Waals surface area contributed by atoms with Crippen LogP contribution in [-0.4, -0.2) is 47.9 Å². The van der Waals surface area contributed by atoms with E-state index in [1.165, 1.54) is 7.05 Å². The number of carboxylic acid groups (broad SMARTS) is 1. The van der Waals surface area contributed by atoms with Crippen molar-refractivity contribution in [1.29, 1.82) is 0 Å². The van der Waals surface area contributed by atoms with Crippen molar-refractivity contribution in [3.05, 3.63) is 28.7 Å². The van der Waals surface area contributed by atoms with Gasteiger partial charge in [-0.2, -0.15) is 0 Å². The minimum absolute atomic E-state index is 0.101. The molecule has 0 spiro atoms. The Morgan fingerprint density at radius 1 is 1.43 bits per heavy atom. The van der Waals surface area contributed by atoms with Crippen LogP contribution in [0.15, 0.2) is 28.7 Å². The Balaban J connectivity index is 2.11. The molecule has 0 radical (unpaired) electrons. The molecule has 112 valence electrons. The quantitative estimate of drug-likeness (QED) is 0.884. The standard InChI is InChI=1S/C14H15BrN2O4/c1-16(8-13(19)20)14(21)9-6-12(18)17(7-9)11-5-3-2-4-10(11)15/h2-5,9H,6-8H2,1H3,(H,19,20). The number of likely N-dealkylation sites (N-methyl/N-ethyl adjacent to an activating group) is 1. The largest absolute Gasteiger partial charge is 0.480 e. The molecule has 0 aliphatic carbocycles. The monoisotopic (exact) mass is 354 g/mol. The fourth-order valence-corrected chi connectivity index (χ4v) is 2.87. The first-order valence-corrected chi connectivity index (χ1v) is 7.21. The summed E-state index contributed by atoms with van der Waals surface area (Å²) in [6.45, 7) is -0.0945. The minimum Gasteiger partial charge on any atom is -0.480 e. The summed E-state index contributed by atoms with van der Waals surface area (Å²) in [4.78, 5) is 37.6. The van der Waals surface area contributed by atoms with E-state index >= 15 is 0 Å². The zero-order valence-electron chi connectivity index (χ0n) is 11.5. The fraction of sp³-hybridized carbons (Fsp3) is 0.357. The summed E-state index contributed by atoms with van der Waals surface area (Å²) in [6, 6.07) is 7.29. The van der Waals surface area contributed by atoms with Gasteiger partial charge in [-0.1, -0.05) is 12.1 Å². The predicted octanol–water partition coefficient (Wildman–Crippen LogP) is 1.34. The maximum absolute atomic E-state index is 12.2. The zero-order chi connectivity index (χ0) is 15.6. The number of amides is 2. The van der Waals surface area contributed by atoms with Crippen LogP contribution in [0.4, 0.5) is 5.69 Å². The Bertz CT molecular complexity index is 590. The number of benzene rings is 1. The number of hydrogen-bond donors (Lipinski definition) is 1. The number of carboxylic acids is 1. The maximum Gasteiger partial charge on any atom is 0.323 e. The summed E-state index contributed by atoms with van der Waals surface area (Å²) in [6.07, 6.45) is 0.101. The van der Waals surface area contributed by atoms with Crippen molar-refractivity contribution in [3.8, 4) is 0 Å². The molecule has 2 amide bonds. The van der Waals surface area contributed by atoms with Crippen molar-refractivity contribution in [2.24, 2.45) is 5.92 Å². The van der Waals surface area contributed by atoms with Crippen LogP contribution in [0, 0.1) is 5.92 Å². The highest BCUT2D eigenvalue weighted by Crippen LogP contribution is 2.31. The highest BCUT2D eigenvalue weighted by Gasteiger charge is 2.37. The van der Waals surface area contributed by atoms with Gasteiger partial charge in [0.05, 0.1) is 11.6 Å². The molecule has 1 atom stereocenters. The first kappa shape index (κ1) is 15.5. The van der Waals surface area contributed by atoms with Crippen LogP contribution in [-0.2, 0) is 14.4 Å². The van der Waals surface area contributed by atoms with Crippen molar-refractivity contribution in [3.63, 3.8) is 0 Å². The van der Waals surface area contributed by atoms with Crippen molar-refractivity contribution >= 4 is 39.4 Å². The van der Waals surface area contributed by atoms with Crippen LogP contribution in [0.1, 0.15) is 6.42 Å². The van der Waals surface area contributed by atoms with Gasteiger partial charge in [0, 0.05) is 24.5 Å². The van der Waals surface area contributed by atoms with E-state index in [1.807, 2.05) is 18.2 Å². The molecule has 2 rings (SSSR count). The number of para-hydroxylation sites is 1.